The Bertz CT molecular complexity index is 1100. The van der Waals surface area contributed by atoms with Gasteiger partial charge in [0.15, 0.2) is 0 Å². The van der Waals surface area contributed by atoms with Crippen LogP contribution >= 0.6 is 0 Å². The first-order valence-corrected chi connectivity index (χ1v) is 11.4. The van der Waals surface area contributed by atoms with Gasteiger partial charge in [-0.3, -0.25) is 14.6 Å². The number of aromatic nitrogens is 3. The van der Waals surface area contributed by atoms with Gasteiger partial charge in [0.1, 0.15) is 5.82 Å². The van der Waals surface area contributed by atoms with E-state index in [1.54, 1.807) is 23.4 Å². The Hall–Kier alpha value is -2.59. The molecule has 0 radical (unpaired) electrons. The third-order valence-corrected chi connectivity index (χ3v) is 6.39. The van der Waals surface area contributed by atoms with Gasteiger partial charge in [-0.2, -0.15) is 0 Å². The van der Waals surface area contributed by atoms with Gasteiger partial charge in [0.05, 0.1) is 18.5 Å². The Morgan fingerprint density at radius 2 is 2.21 bits per heavy atom. The van der Waals surface area contributed by atoms with Crippen molar-refractivity contribution >= 4 is 15.9 Å². The van der Waals surface area contributed by atoms with Gasteiger partial charge in [-0.1, -0.05) is 0 Å². The lowest BCUT2D eigenvalue weighted by Gasteiger charge is -2.40. The summed E-state index contributed by atoms with van der Waals surface area (Å²) >= 11 is 0. The van der Waals surface area contributed by atoms with Crippen molar-refractivity contribution in [3.8, 4) is 11.4 Å². The Balaban J connectivity index is 1.64. The molecule has 3 heterocycles. The molecule has 1 atom stereocenters. The van der Waals surface area contributed by atoms with E-state index in [-0.39, 0.29) is 23.4 Å². The van der Waals surface area contributed by atoms with Crippen LogP contribution in [0.25, 0.3) is 11.4 Å². The summed E-state index contributed by atoms with van der Waals surface area (Å²) in [6.45, 7) is 0.749. The van der Waals surface area contributed by atoms with Crippen LogP contribution in [-0.4, -0.2) is 60.1 Å². The predicted molar refractivity (Wildman–Crippen MR) is 107 cm³/mol. The standard InChI is InChI=1S/C19H23N5O4S/c1-29(27,28)21-11-15(25)24-9-3-6-19(12-24)7-5-14-16(19)22-17(23-18(14)26)13-4-2-8-20-10-13/h2,4,8,10,21H,3,5-7,9,11-12H2,1H3,(H,22,23,26). The number of fused-ring (bicyclic) bond motifs is 2. The largest absolute Gasteiger partial charge is 0.341 e. The number of carbonyl (C=O) groups excluding carboxylic acids is 1. The van der Waals surface area contributed by atoms with E-state index >= 15 is 0 Å². The summed E-state index contributed by atoms with van der Waals surface area (Å²) < 4.78 is 24.9. The fraction of sp³-hybridized carbons (Fsp3) is 0.474. The smallest absolute Gasteiger partial charge is 0.254 e. The average molecular weight is 417 g/mol. The van der Waals surface area contributed by atoms with Crippen LogP contribution in [-0.2, 0) is 26.7 Å². The zero-order chi connectivity index (χ0) is 20.6. The topological polar surface area (TPSA) is 125 Å². The summed E-state index contributed by atoms with van der Waals surface area (Å²) in [5.74, 6) is 0.214. The normalized spacial score (nSPS) is 21.3. The molecule has 1 amide bonds. The summed E-state index contributed by atoms with van der Waals surface area (Å²) in [7, 11) is -3.44. The van der Waals surface area contributed by atoms with E-state index in [1.165, 1.54) is 0 Å². The zero-order valence-corrected chi connectivity index (χ0v) is 17.0. The summed E-state index contributed by atoms with van der Waals surface area (Å²) in [4.78, 5) is 38.7. The van der Waals surface area contributed by atoms with Crippen molar-refractivity contribution in [2.75, 3.05) is 25.9 Å². The molecule has 0 saturated carbocycles. The number of H-pyrrole nitrogens is 1. The van der Waals surface area contributed by atoms with Crippen LogP contribution in [0.15, 0.2) is 29.3 Å². The Labute approximate surface area is 168 Å². The van der Waals surface area contributed by atoms with Crippen molar-refractivity contribution in [1.29, 1.82) is 0 Å². The molecule has 2 aromatic heterocycles. The number of hydrogen-bond donors (Lipinski definition) is 2. The molecule has 154 valence electrons. The summed E-state index contributed by atoms with van der Waals surface area (Å²) in [5.41, 5.74) is 1.65. The number of rotatable bonds is 4. The predicted octanol–water partition coefficient (Wildman–Crippen LogP) is 0.187. The third kappa shape index (κ3) is 3.95. The lowest BCUT2D eigenvalue weighted by molar-refractivity contribution is -0.132. The van der Waals surface area contributed by atoms with Crippen LogP contribution in [0.5, 0.6) is 0 Å². The maximum Gasteiger partial charge on any atom is 0.254 e. The molecule has 1 saturated heterocycles. The van der Waals surface area contributed by atoms with Gasteiger partial charge < -0.3 is 9.88 Å². The third-order valence-electron chi connectivity index (χ3n) is 5.72. The van der Waals surface area contributed by atoms with Gasteiger partial charge in [0.2, 0.25) is 15.9 Å². The minimum absolute atomic E-state index is 0.145. The van der Waals surface area contributed by atoms with E-state index in [9.17, 15) is 18.0 Å². The van der Waals surface area contributed by atoms with Crippen LogP contribution in [0.2, 0.25) is 0 Å². The first-order chi connectivity index (χ1) is 13.8. The minimum atomic E-state index is -3.44. The molecule has 1 aliphatic heterocycles. The molecule has 4 rings (SSSR count). The maximum absolute atomic E-state index is 12.7. The van der Waals surface area contributed by atoms with Gasteiger partial charge in [-0.05, 0) is 37.8 Å². The highest BCUT2D eigenvalue weighted by Gasteiger charge is 2.45. The van der Waals surface area contributed by atoms with Crippen LogP contribution in [0, 0.1) is 0 Å². The Morgan fingerprint density at radius 1 is 1.38 bits per heavy atom. The number of amides is 1. The average Bonchev–Trinajstić information content (AvgIpc) is 3.04. The quantitative estimate of drug-likeness (QED) is 0.731. The highest BCUT2D eigenvalue weighted by molar-refractivity contribution is 7.88. The van der Waals surface area contributed by atoms with E-state index in [4.69, 9.17) is 4.98 Å². The molecule has 1 fully saturated rings. The number of hydrogen-bond acceptors (Lipinski definition) is 6. The second-order valence-corrected chi connectivity index (χ2v) is 9.61. The van der Waals surface area contributed by atoms with Crippen LogP contribution in [0.4, 0.5) is 0 Å². The maximum atomic E-state index is 12.7. The molecular formula is C19H23N5O4S. The molecule has 0 aromatic carbocycles. The monoisotopic (exact) mass is 417 g/mol. The Morgan fingerprint density at radius 3 is 2.93 bits per heavy atom. The van der Waals surface area contributed by atoms with Crippen LogP contribution < -0.4 is 10.3 Å². The second-order valence-electron chi connectivity index (χ2n) is 7.78. The number of likely N-dealkylation sites (tertiary alicyclic amines) is 1. The summed E-state index contributed by atoms with van der Waals surface area (Å²) in [6.07, 6.45) is 7.33. The Kier molecular flexibility index (Phi) is 4.99. The number of pyridine rings is 1. The molecule has 10 heteroatoms. The number of nitrogens with one attached hydrogen (secondary N) is 2. The molecule has 9 nitrogen and oxygen atoms in total. The lowest BCUT2D eigenvalue weighted by Crippen LogP contribution is -2.50. The number of carbonyl (C=O) groups is 1. The lowest BCUT2D eigenvalue weighted by atomic mass is 9.77. The zero-order valence-electron chi connectivity index (χ0n) is 16.1. The fourth-order valence-corrected chi connectivity index (χ4v) is 4.72. The van der Waals surface area contributed by atoms with Crippen molar-refractivity contribution in [2.24, 2.45) is 0 Å². The molecular weight excluding hydrogens is 394 g/mol. The minimum Gasteiger partial charge on any atom is -0.341 e. The molecule has 29 heavy (non-hydrogen) atoms. The van der Waals surface area contributed by atoms with E-state index < -0.39 is 10.0 Å². The van der Waals surface area contributed by atoms with E-state index in [0.717, 1.165) is 36.8 Å². The highest BCUT2D eigenvalue weighted by atomic mass is 32.2. The van der Waals surface area contributed by atoms with Crippen molar-refractivity contribution in [3.63, 3.8) is 0 Å². The van der Waals surface area contributed by atoms with Crippen LogP contribution in [0.1, 0.15) is 30.5 Å². The molecule has 1 spiro atoms. The summed E-state index contributed by atoms with van der Waals surface area (Å²) in [5, 5.41) is 0. The van der Waals surface area contributed by atoms with Gasteiger partial charge in [-0.25, -0.2) is 18.1 Å². The van der Waals surface area contributed by atoms with E-state index in [1.807, 2.05) is 6.07 Å². The summed E-state index contributed by atoms with van der Waals surface area (Å²) in [6, 6.07) is 3.63. The second kappa shape index (κ2) is 7.34. The van der Waals surface area contributed by atoms with Crippen molar-refractivity contribution in [3.05, 3.63) is 46.1 Å². The molecule has 2 aromatic rings. The molecule has 2 N–H and O–H groups in total. The van der Waals surface area contributed by atoms with Crippen molar-refractivity contribution in [2.45, 2.75) is 31.1 Å². The number of nitrogens with zero attached hydrogens (tertiary/aromatic N) is 3. The fourth-order valence-electron chi connectivity index (χ4n) is 4.34. The highest BCUT2D eigenvalue weighted by Crippen LogP contribution is 2.43. The van der Waals surface area contributed by atoms with Gasteiger partial charge >= 0.3 is 0 Å². The number of sulfonamides is 1. The molecule has 2 aliphatic rings. The van der Waals surface area contributed by atoms with Gasteiger partial charge in [-0.15, -0.1) is 0 Å². The van der Waals surface area contributed by atoms with Gasteiger partial charge in [0.25, 0.3) is 5.56 Å². The van der Waals surface area contributed by atoms with E-state index in [0.29, 0.717) is 30.9 Å². The first-order valence-electron chi connectivity index (χ1n) is 9.54. The van der Waals surface area contributed by atoms with Crippen molar-refractivity contribution in [1.82, 2.24) is 24.6 Å². The molecule has 1 aliphatic carbocycles. The van der Waals surface area contributed by atoms with Gasteiger partial charge in [0, 0.05) is 42.0 Å². The van der Waals surface area contributed by atoms with Crippen LogP contribution in [0.3, 0.4) is 0 Å². The SMILES string of the molecule is CS(=O)(=O)NCC(=O)N1CCCC2(CCc3c2nc(-c2cccnc2)[nH]c3=O)C1. The molecule has 0 bridgehead atoms. The number of piperidine rings is 1. The molecule has 1 unspecified atom stereocenters. The van der Waals surface area contributed by atoms with E-state index in [2.05, 4.69) is 14.7 Å². The first kappa shape index (κ1) is 19.7. The van der Waals surface area contributed by atoms with Crippen molar-refractivity contribution < 1.29 is 13.2 Å². The number of aromatic amines is 1.